The predicted molar refractivity (Wildman–Crippen MR) is 78.4 cm³/mol. The molecule has 1 aliphatic heterocycles. The van der Waals surface area contributed by atoms with Crippen molar-refractivity contribution < 1.29 is 4.74 Å². The van der Waals surface area contributed by atoms with Crippen molar-refractivity contribution >= 4 is 0 Å². The van der Waals surface area contributed by atoms with Gasteiger partial charge < -0.3 is 10.1 Å². The maximum Gasteiger partial charge on any atom is 0.0507 e. The quantitative estimate of drug-likeness (QED) is 0.895. The maximum atomic E-state index is 5.43. The SMILES string of the molecule is c1ccc(C2CCC(NCC3CCOC3)CC2)cc1. The summed E-state index contributed by atoms with van der Waals surface area (Å²) in [5.74, 6) is 1.54. The highest BCUT2D eigenvalue weighted by Gasteiger charge is 2.23. The normalized spacial score (nSPS) is 31.5. The number of ether oxygens (including phenoxy) is 1. The highest BCUT2D eigenvalue weighted by molar-refractivity contribution is 5.20. The largest absolute Gasteiger partial charge is 0.381 e. The first-order valence-electron chi connectivity index (χ1n) is 7.78. The molecule has 1 atom stereocenters. The van der Waals surface area contributed by atoms with Gasteiger partial charge in [-0.2, -0.15) is 0 Å². The Labute approximate surface area is 116 Å². The molecule has 1 aromatic carbocycles. The third-order valence-electron chi connectivity index (χ3n) is 4.72. The van der Waals surface area contributed by atoms with E-state index in [-0.39, 0.29) is 0 Å². The average Bonchev–Trinajstić information content (AvgIpc) is 3.00. The summed E-state index contributed by atoms with van der Waals surface area (Å²) in [5.41, 5.74) is 1.53. The first-order chi connectivity index (χ1) is 9.42. The summed E-state index contributed by atoms with van der Waals surface area (Å²) in [5, 5.41) is 3.76. The molecule has 104 valence electrons. The van der Waals surface area contributed by atoms with E-state index in [1.54, 1.807) is 0 Å². The minimum Gasteiger partial charge on any atom is -0.381 e. The summed E-state index contributed by atoms with van der Waals surface area (Å²) in [6.45, 7) is 3.08. The van der Waals surface area contributed by atoms with Crippen LogP contribution in [0.25, 0.3) is 0 Å². The Morgan fingerprint density at radius 1 is 1.00 bits per heavy atom. The highest BCUT2D eigenvalue weighted by atomic mass is 16.5. The molecule has 2 aliphatic rings. The minimum atomic E-state index is 0.737. The third-order valence-corrected chi connectivity index (χ3v) is 4.72. The molecule has 0 aromatic heterocycles. The molecule has 1 heterocycles. The lowest BCUT2D eigenvalue weighted by Crippen LogP contribution is -2.36. The van der Waals surface area contributed by atoms with E-state index in [2.05, 4.69) is 35.6 Å². The monoisotopic (exact) mass is 259 g/mol. The van der Waals surface area contributed by atoms with Crippen LogP contribution in [0.4, 0.5) is 0 Å². The van der Waals surface area contributed by atoms with Crippen molar-refractivity contribution in [1.82, 2.24) is 5.32 Å². The number of nitrogens with one attached hydrogen (secondary N) is 1. The molecule has 1 aromatic rings. The van der Waals surface area contributed by atoms with E-state index in [0.717, 1.165) is 37.6 Å². The zero-order valence-electron chi connectivity index (χ0n) is 11.7. The fourth-order valence-electron chi connectivity index (χ4n) is 3.43. The second-order valence-corrected chi connectivity index (χ2v) is 6.10. The molecule has 1 aliphatic carbocycles. The number of rotatable bonds is 4. The first-order valence-corrected chi connectivity index (χ1v) is 7.78. The van der Waals surface area contributed by atoms with E-state index in [0.29, 0.717) is 0 Å². The van der Waals surface area contributed by atoms with E-state index in [1.165, 1.54) is 37.7 Å². The van der Waals surface area contributed by atoms with Gasteiger partial charge in [0.1, 0.15) is 0 Å². The second-order valence-electron chi connectivity index (χ2n) is 6.10. The van der Waals surface area contributed by atoms with Gasteiger partial charge in [0.15, 0.2) is 0 Å². The van der Waals surface area contributed by atoms with Crippen molar-refractivity contribution in [2.24, 2.45) is 5.92 Å². The molecular formula is C17H25NO. The predicted octanol–water partition coefficient (Wildman–Crippen LogP) is 3.34. The van der Waals surface area contributed by atoms with Crippen LogP contribution in [0.5, 0.6) is 0 Å². The zero-order chi connectivity index (χ0) is 12.9. The van der Waals surface area contributed by atoms with Crippen LogP contribution in [-0.2, 0) is 4.74 Å². The molecular weight excluding hydrogens is 234 g/mol. The first kappa shape index (κ1) is 13.1. The van der Waals surface area contributed by atoms with Gasteiger partial charge in [-0.15, -0.1) is 0 Å². The van der Waals surface area contributed by atoms with Crippen LogP contribution in [0.3, 0.4) is 0 Å². The van der Waals surface area contributed by atoms with Crippen molar-refractivity contribution in [2.75, 3.05) is 19.8 Å². The van der Waals surface area contributed by atoms with Crippen LogP contribution < -0.4 is 5.32 Å². The van der Waals surface area contributed by atoms with Gasteiger partial charge in [-0.25, -0.2) is 0 Å². The van der Waals surface area contributed by atoms with Crippen molar-refractivity contribution in [3.63, 3.8) is 0 Å². The van der Waals surface area contributed by atoms with E-state index in [9.17, 15) is 0 Å². The number of benzene rings is 1. The second kappa shape index (κ2) is 6.53. The molecule has 0 amide bonds. The van der Waals surface area contributed by atoms with Gasteiger partial charge in [-0.05, 0) is 49.5 Å². The van der Waals surface area contributed by atoms with Gasteiger partial charge in [0.2, 0.25) is 0 Å². The Kier molecular flexibility index (Phi) is 4.52. The van der Waals surface area contributed by atoms with Gasteiger partial charge in [-0.1, -0.05) is 30.3 Å². The number of hydrogen-bond donors (Lipinski definition) is 1. The van der Waals surface area contributed by atoms with E-state index >= 15 is 0 Å². The van der Waals surface area contributed by atoms with Gasteiger partial charge >= 0.3 is 0 Å². The topological polar surface area (TPSA) is 21.3 Å². The van der Waals surface area contributed by atoms with Crippen LogP contribution in [0.1, 0.15) is 43.6 Å². The smallest absolute Gasteiger partial charge is 0.0507 e. The summed E-state index contributed by atoms with van der Waals surface area (Å²) in [4.78, 5) is 0. The molecule has 2 nitrogen and oxygen atoms in total. The molecule has 19 heavy (non-hydrogen) atoms. The standard InChI is InChI=1S/C17H25NO/c1-2-4-15(5-3-1)16-6-8-17(9-7-16)18-12-14-10-11-19-13-14/h1-5,14,16-18H,6-13H2. The lowest BCUT2D eigenvalue weighted by Gasteiger charge is -2.30. The molecule has 2 fully saturated rings. The van der Waals surface area contributed by atoms with Crippen molar-refractivity contribution in [3.05, 3.63) is 35.9 Å². The molecule has 0 spiro atoms. The van der Waals surface area contributed by atoms with Crippen LogP contribution in [0.2, 0.25) is 0 Å². The molecule has 0 radical (unpaired) electrons. The molecule has 3 rings (SSSR count). The van der Waals surface area contributed by atoms with Crippen LogP contribution in [0, 0.1) is 5.92 Å². The maximum absolute atomic E-state index is 5.43. The Bertz CT molecular complexity index is 364. The summed E-state index contributed by atoms with van der Waals surface area (Å²) < 4.78 is 5.43. The number of hydrogen-bond acceptors (Lipinski definition) is 2. The van der Waals surface area contributed by atoms with Crippen molar-refractivity contribution in [2.45, 2.75) is 44.1 Å². The van der Waals surface area contributed by atoms with Crippen LogP contribution in [0.15, 0.2) is 30.3 Å². The summed E-state index contributed by atoms with van der Waals surface area (Å²) in [6.07, 6.45) is 6.57. The Morgan fingerprint density at radius 2 is 1.79 bits per heavy atom. The fraction of sp³-hybridized carbons (Fsp3) is 0.647. The molecule has 2 heteroatoms. The molecule has 1 N–H and O–H groups in total. The molecule has 1 saturated carbocycles. The molecule has 0 bridgehead atoms. The average molecular weight is 259 g/mol. The van der Waals surface area contributed by atoms with E-state index in [4.69, 9.17) is 4.74 Å². The minimum absolute atomic E-state index is 0.737. The van der Waals surface area contributed by atoms with Crippen LogP contribution in [-0.4, -0.2) is 25.8 Å². The van der Waals surface area contributed by atoms with E-state index in [1.807, 2.05) is 0 Å². The van der Waals surface area contributed by atoms with Crippen molar-refractivity contribution in [3.8, 4) is 0 Å². The van der Waals surface area contributed by atoms with Gasteiger partial charge in [0.05, 0.1) is 6.61 Å². The van der Waals surface area contributed by atoms with Gasteiger partial charge in [0.25, 0.3) is 0 Å². The third kappa shape index (κ3) is 3.58. The highest BCUT2D eigenvalue weighted by Crippen LogP contribution is 2.32. The van der Waals surface area contributed by atoms with E-state index < -0.39 is 0 Å². The summed E-state index contributed by atoms with van der Waals surface area (Å²) in [6, 6.07) is 11.8. The fourth-order valence-corrected chi connectivity index (χ4v) is 3.43. The Morgan fingerprint density at radius 3 is 2.47 bits per heavy atom. The lowest BCUT2D eigenvalue weighted by atomic mass is 9.81. The zero-order valence-corrected chi connectivity index (χ0v) is 11.7. The van der Waals surface area contributed by atoms with Gasteiger partial charge in [0, 0.05) is 19.2 Å². The van der Waals surface area contributed by atoms with Crippen molar-refractivity contribution in [1.29, 1.82) is 0 Å². The summed E-state index contributed by atoms with van der Waals surface area (Å²) >= 11 is 0. The molecule has 1 unspecified atom stereocenters. The molecule has 1 saturated heterocycles. The Balaban J connectivity index is 1.42. The summed E-state index contributed by atoms with van der Waals surface area (Å²) in [7, 11) is 0. The van der Waals surface area contributed by atoms with Crippen LogP contribution >= 0.6 is 0 Å². The van der Waals surface area contributed by atoms with Gasteiger partial charge in [-0.3, -0.25) is 0 Å². The Hall–Kier alpha value is -0.860. The lowest BCUT2D eigenvalue weighted by molar-refractivity contribution is 0.183.